The van der Waals surface area contributed by atoms with E-state index >= 15 is 0 Å². The quantitative estimate of drug-likeness (QED) is 0.512. The molecule has 0 radical (unpaired) electrons. The summed E-state index contributed by atoms with van der Waals surface area (Å²) >= 11 is 0. The van der Waals surface area contributed by atoms with Gasteiger partial charge in [-0.05, 0) is 25.1 Å². The molecule has 0 aromatic heterocycles. The van der Waals surface area contributed by atoms with E-state index in [-0.39, 0.29) is 11.3 Å². The van der Waals surface area contributed by atoms with Gasteiger partial charge in [-0.2, -0.15) is 0 Å². The number of rotatable bonds is 5. The number of nitrogens with zero attached hydrogens (tertiary/aromatic N) is 2. The van der Waals surface area contributed by atoms with Gasteiger partial charge in [0.05, 0.1) is 17.0 Å². The molecule has 1 unspecified atom stereocenters. The number of anilines is 1. The molecule has 128 valence electrons. The summed E-state index contributed by atoms with van der Waals surface area (Å²) in [6.45, 7) is 2.17. The average molecular weight is 340 g/mol. The van der Waals surface area contributed by atoms with E-state index in [0.717, 1.165) is 0 Å². The molecular weight excluding hydrogens is 324 g/mol. The van der Waals surface area contributed by atoms with Crippen LogP contribution >= 0.6 is 0 Å². The summed E-state index contributed by atoms with van der Waals surface area (Å²) in [5.41, 5.74) is -0.856. The molecule has 0 saturated heterocycles. The van der Waals surface area contributed by atoms with Gasteiger partial charge in [0.1, 0.15) is 0 Å². The zero-order chi connectivity index (χ0) is 18.2. The zero-order valence-corrected chi connectivity index (χ0v) is 13.5. The number of non-ortho nitro benzene ring substituents is 1. The maximum Gasteiger partial charge on any atom is 0.269 e. The number of hydrogen-bond acceptors (Lipinski definition) is 5. The van der Waals surface area contributed by atoms with E-state index in [2.05, 4.69) is 0 Å². The van der Waals surface area contributed by atoms with Crippen molar-refractivity contribution in [2.75, 3.05) is 11.4 Å². The van der Waals surface area contributed by atoms with Crippen molar-refractivity contribution < 1.29 is 19.6 Å². The number of carbonyl (C=O) groups is 2. The zero-order valence-electron chi connectivity index (χ0n) is 13.5. The molecule has 1 heterocycles. The maximum absolute atomic E-state index is 12.7. The smallest absolute Gasteiger partial charge is 0.269 e. The standard InChI is InChI=1S/C18H16N2O5/c1-2-19-15-6-4-3-5-14(15)18(23,17(19)22)11-16(21)12-7-9-13(10-8-12)20(24)25/h3-10,23H,2,11H2,1H3. The molecule has 1 N–H and O–H groups in total. The predicted molar refractivity (Wildman–Crippen MR) is 90.4 cm³/mol. The lowest BCUT2D eigenvalue weighted by Crippen LogP contribution is -2.41. The highest BCUT2D eigenvalue weighted by atomic mass is 16.6. The van der Waals surface area contributed by atoms with Gasteiger partial charge in [0, 0.05) is 29.8 Å². The number of fused-ring (bicyclic) bond motifs is 1. The van der Waals surface area contributed by atoms with Crippen molar-refractivity contribution in [3.05, 3.63) is 69.8 Å². The molecule has 0 fully saturated rings. The minimum atomic E-state index is -1.93. The monoisotopic (exact) mass is 340 g/mol. The summed E-state index contributed by atoms with van der Waals surface area (Å²) in [6, 6.07) is 11.9. The molecule has 7 heteroatoms. The van der Waals surface area contributed by atoms with Crippen molar-refractivity contribution in [1.29, 1.82) is 0 Å². The SMILES string of the molecule is CCN1C(=O)C(O)(CC(=O)c2ccc([N+](=O)[O-])cc2)c2ccccc21. The van der Waals surface area contributed by atoms with Crippen LogP contribution in [-0.4, -0.2) is 28.3 Å². The van der Waals surface area contributed by atoms with Gasteiger partial charge in [0.25, 0.3) is 11.6 Å². The number of nitro benzene ring substituents is 1. The Morgan fingerprint density at radius 3 is 2.44 bits per heavy atom. The number of para-hydroxylation sites is 1. The lowest BCUT2D eigenvalue weighted by molar-refractivity contribution is -0.384. The Balaban J connectivity index is 1.92. The lowest BCUT2D eigenvalue weighted by Gasteiger charge is -2.22. The van der Waals surface area contributed by atoms with Crippen molar-refractivity contribution in [3.63, 3.8) is 0 Å². The second-order valence-electron chi connectivity index (χ2n) is 5.83. The third kappa shape index (κ3) is 2.68. The first-order valence-electron chi connectivity index (χ1n) is 7.80. The molecule has 1 aliphatic rings. The highest BCUT2D eigenvalue weighted by molar-refractivity contribution is 6.10. The summed E-state index contributed by atoms with van der Waals surface area (Å²) < 4.78 is 0. The van der Waals surface area contributed by atoms with Crippen molar-refractivity contribution in [3.8, 4) is 0 Å². The lowest BCUT2D eigenvalue weighted by atomic mass is 9.88. The van der Waals surface area contributed by atoms with Crippen LogP contribution in [0.2, 0.25) is 0 Å². The fraction of sp³-hybridized carbons (Fsp3) is 0.222. The van der Waals surface area contributed by atoms with Crippen molar-refractivity contribution in [1.82, 2.24) is 0 Å². The highest BCUT2D eigenvalue weighted by Gasteiger charge is 2.50. The van der Waals surface area contributed by atoms with Gasteiger partial charge < -0.3 is 10.0 Å². The second-order valence-corrected chi connectivity index (χ2v) is 5.83. The van der Waals surface area contributed by atoms with Crippen LogP contribution < -0.4 is 4.90 Å². The van der Waals surface area contributed by atoms with Crippen LogP contribution in [0.25, 0.3) is 0 Å². The van der Waals surface area contributed by atoms with Crippen LogP contribution in [0, 0.1) is 10.1 Å². The topological polar surface area (TPSA) is 101 Å². The number of likely N-dealkylation sites (N-methyl/N-ethyl adjacent to an activating group) is 1. The van der Waals surface area contributed by atoms with Gasteiger partial charge in [-0.15, -0.1) is 0 Å². The fourth-order valence-corrected chi connectivity index (χ4v) is 3.09. The van der Waals surface area contributed by atoms with E-state index < -0.39 is 28.6 Å². The van der Waals surface area contributed by atoms with Crippen LogP contribution in [0.5, 0.6) is 0 Å². The highest BCUT2D eigenvalue weighted by Crippen LogP contribution is 2.42. The van der Waals surface area contributed by atoms with Crippen molar-refractivity contribution >= 4 is 23.1 Å². The molecule has 2 aromatic carbocycles. The minimum absolute atomic E-state index is 0.130. The van der Waals surface area contributed by atoms with E-state index in [1.54, 1.807) is 31.2 Å². The van der Waals surface area contributed by atoms with Crippen LogP contribution in [0.15, 0.2) is 48.5 Å². The predicted octanol–water partition coefficient (Wildman–Crippen LogP) is 2.42. The number of nitro groups is 1. The van der Waals surface area contributed by atoms with Gasteiger partial charge in [-0.1, -0.05) is 18.2 Å². The molecule has 1 amide bonds. The Morgan fingerprint density at radius 2 is 1.84 bits per heavy atom. The number of Topliss-reactive ketones (excluding diaryl/α,β-unsaturated/α-hetero) is 1. The Kier molecular flexibility index (Phi) is 4.10. The number of carbonyl (C=O) groups excluding carboxylic acids is 2. The number of benzene rings is 2. The Bertz CT molecular complexity index is 862. The van der Waals surface area contributed by atoms with E-state index in [4.69, 9.17) is 0 Å². The maximum atomic E-state index is 12.7. The average Bonchev–Trinajstić information content (AvgIpc) is 2.82. The Hall–Kier alpha value is -3.06. The third-order valence-electron chi connectivity index (χ3n) is 4.37. The first kappa shape index (κ1) is 16.8. The molecule has 0 spiro atoms. The summed E-state index contributed by atoms with van der Waals surface area (Å²) in [7, 11) is 0. The molecular formula is C18H16N2O5. The van der Waals surface area contributed by atoms with Crippen LogP contribution in [0.3, 0.4) is 0 Å². The molecule has 25 heavy (non-hydrogen) atoms. The molecule has 1 aliphatic heterocycles. The van der Waals surface area contributed by atoms with E-state index in [9.17, 15) is 24.8 Å². The van der Waals surface area contributed by atoms with E-state index in [1.165, 1.54) is 29.2 Å². The van der Waals surface area contributed by atoms with Crippen LogP contribution in [0.4, 0.5) is 11.4 Å². The summed E-state index contributed by atoms with van der Waals surface area (Å²) in [5.74, 6) is -0.995. The largest absolute Gasteiger partial charge is 0.375 e. The molecule has 1 atom stereocenters. The summed E-state index contributed by atoms with van der Waals surface area (Å²) in [4.78, 5) is 36.8. The van der Waals surface area contributed by atoms with E-state index in [0.29, 0.717) is 17.8 Å². The van der Waals surface area contributed by atoms with Gasteiger partial charge in [-0.25, -0.2) is 0 Å². The summed E-state index contributed by atoms with van der Waals surface area (Å²) in [5, 5.41) is 21.7. The van der Waals surface area contributed by atoms with Gasteiger partial charge >= 0.3 is 0 Å². The number of hydrogen-bond donors (Lipinski definition) is 1. The minimum Gasteiger partial charge on any atom is -0.375 e. The first-order chi connectivity index (χ1) is 11.9. The normalized spacial score (nSPS) is 19.0. The Morgan fingerprint density at radius 1 is 1.20 bits per heavy atom. The fourth-order valence-electron chi connectivity index (χ4n) is 3.09. The number of ketones is 1. The number of aliphatic hydroxyl groups is 1. The molecule has 0 aliphatic carbocycles. The van der Waals surface area contributed by atoms with E-state index in [1.807, 2.05) is 0 Å². The van der Waals surface area contributed by atoms with Crippen molar-refractivity contribution in [2.24, 2.45) is 0 Å². The molecule has 0 bridgehead atoms. The van der Waals surface area contributed by atoms with Gasteiger partial charge in [0.15, 0.2) is 11.4 Å². The third-order valence-corrected chi connectivity index (χ3v) is 4.37. The first-order valence-corrected chi connectivity index (χ1v) is 7.80. The number of amides is 1. The van der Waals surface area contributed by atoms with Crippen LogP contribution in [0.1, 0.15) is 29.3 Å². The Labute approximate surface area is 143 Å². The van der Waals surface area contributed by atoms with Crippen molar-refractivity contribution in [2.45, 2.75) is 18.9 Å². The second kappa shape index (κ2) is 6.10. The van der Waals surface area contributed by atoms with Crippen LogP contribution in [-0.2, 0) is 10.4 Å². The van der Waals surface area contributed by atoms with Gasteiger partial charge in [-0.3, -0.25) is 19.7 Å². The molecule has 7 nitrogen and oxygen atoms in total. The molecule has 3 rings (SSSR count). The van der Waals surface area contributed by atoms with Gasteiger partial charge in [0.2, 0.25) is 0 Å². The molecule has 0 saturated carbocycles. The summed E-state index contributed by atoms with van der Waals surface area (Å²) in [6.07, 6.45) is -0.419. The molecule has 2 aromatic rings.